The summed E-state index contributed by atoms with van der Waals surface area (Å²) in [5, 5.41) is 5.13. The second-order valence-electron chi connectivity index (χ2n) is 8.20. The van der Waals surface area contributed by atoms with E-state index in [1.807, 2.05) is 48.1 Å². The molecule has 158 valence electrons. The van der Waals surface area contributed by atoms with Crippen LogP contribution >= 0.6 is 11.3 Å². The van der Waals surface area contributed by atoms with Gasteiger partial charge in [0, 0.05) is 28.5 Å². The van der Waals surface area contributed by atoms with Crippen LogP contribution in [0, 0.1) is 12.8 Å². The van der Waals surface area contributed by atoms with Gasteiger partial charge >= 0.3 is 0 Å². The first kappa shape index (κ1) is 20.8. The highest BCUT2D eigenvalue weighted by atomic mass is 32.1. The van der Waals surface area contributed by atoms with Crippen molar-refractivity contribution >= 4 is 22.9 Å². The van der Waals surface area contributed by atoms with Gasteiger partial charge in [-0.15, -0.1) is 11.3 Å². The molecule has 1 aromatic carbocycles. The van der Waals surface area contributed by atoms with E-state index in [0.29, 0.717) is 5.92 Å². The number of hydrogen-bond donors (Lipinski definition) is 1. The second-order valence-corrected chi connectivity index (χ2v) is 8.92. The summed E-state index contributed by atoms with van der Waals surface area (Å²) < 4.78 is 5.75. The zero-order valence-corrected chi connectivity index (χ0v) is 18.5. The Morgan fingerprint density at radius 1 is 1.30 bits per heavy atom. The first-order chi connectivity index (χ1) is 14.6. The van der Waals surface area contributed by atoms with Crippen LogP contribution in [0.3, 0.4) is 0 Å². The molecule has 1 amide bonds. The summed E-state index contributed by atoms with van der Waals surface area (Å²) in [5.41, 5.74) is 4.65. The predicted octanol–water partition coefficient (Wildman–Crippen LogP) is 5.56. The second kappa shape index (κ2) is 9.58. The Bertz CT molecular complexity index is 959. The Morgan fingerprint density at radius 3 is 2.83 bits per heavy atom. The van der Waals surface area contributed by atoms with Crippen LogP contribution < -0.4 is 5.32 Å². The average molecular weight is 424 g/mol. The average Bonchev–Trinajstić information content (AvgIpc) is 3.45. The van der Waals surface area contributed by atoms with Crippen LogP contribution in [0.4, 0.5) is 5.69 Å². The number of nitrogens with zero attached hydrogens (tertiary/aromatic N) is 2. The van der Waals surface area contributed by atoms with Crippen LogP contribution in [0.15, 0.2) is 51.7 Å². The molecule has 1 fully saturated rings. The molecule has 1 aliphatic rings. The van der Waals surface area contributed by atoms with E-state index in [1.165, 1.54) is 0 Å². The summed E-state index contributed by atoms with van der Waals surface area (Å²) in [6.07, 6.45) is 2.89. The lowest BCUT2D eigenvalue weighted by Crippen LogP contribution is -2.38. The Balaban J connectivity index is 1.24. The van der Waals surface area contributed by atoms with E-state index in [-0.39, 0.29) is 11.8 Å². The van der Waals surface area contributed by atoms with E-state index >= 15 is 0 Å². The van der Waals surface area contributed by atoms with Crippen molar-refractivity contribution in [3.8, 4) is 11.3 Å². The van der Waals surface area contributed by atoms with Gasteiger partial charge in [0.25, 0.3) is 0 Å². The maximum Gasteiger partial charge on any atom is 0.227 e. The van der Waals surface area contributed by atoms with Crippen molar-refractivity contribution in [1.82, 2.24) is 9.88 Å². The molecule has 0 saturated carbocycles. The van der Waals surface area contributed by atoms with Gasteiger partial charge in [0.2, 0.25) is 5.91 Å². The Labute approximate surface area is 182 Å². The summed E-state index contributed by atoms with van der Waals surface area (Å²) in [5.74, 6) is 2.67. The number of carbonyl (C=O) groups excluding carboxylic acids is 1. The van der Waals surface area contributed by atoms with Gasteiger partial charge in [0.1, 0.15) is 11.5 Å². The highest BCUT2D eigenvalue weighted by molar-refractivity contribution is 7.07. The van der Waals surface area contributed by atoms with E-state index in [1.54, 1.807) is 11.3 Å². The molecular weight excluding hydrogens is 394 g/mol. The van der Waals surface area contributed by atoms with E-state index in [4.69, 9.17) is 4.42 Å². The summed E-state index contributed by atoms with van der Waals surface area (Å²) in [4.78, 5) is 19.6. The molecule has 0 spiro atoms. The first-order valence-electron chi connectivity index (χ1n) is 10.7. The van der Waals surface area contributed by atoms with Crippen molar-refractivity contribution in [2.75, 3.05) is 25.0 Å². The largest absolute Gasteiger partial charge is 0.466 e. The van der Waals surface area contributed by atoms with Crippen molar-refractivity contribution < 1.29 is 9.21 Å². The van der Waals surface area contributed by atoms with Crippen LogP contribution in [0.2, 0.25) is 0 Å². The molecular formula is C24H29N3O2S. The van der Waals surface area contributed by atoms with E-state index in [9.17, 15) is 4.79 Å². The van der Waals surface area contributed by atoms with Crippen LogP contribution in [-0.2, 0) is 4.79 Å². The molecule has 1 unspecified atom stereocenters. The molecule has 1 N–H and O–H groups in total. The normalized spacial score (nSPS) is 16.5. The zero-order chi connectivity index (χ0) is 20.9. The number of carbonyl (C=O) groups is 1. The van der Waals surface area contributed by atoms with Gasteiger partial charge in [0.15, 0.2) is 0 Å². The monoisotopic (exact) mass is 423 g/mol. The van der Waals surface area contributed by atoms with Crippen LogP contribution in [0.1, 0.15) is 43.6 Å². The lowest BCUT2D eigenvalue weighted by molar-refractivity contribution is -0.121. The smallest absolute Gasteiger partial charge is 0.227 e. The molecule has 2 aromatic heterocycles. The molecule has 30 heavy (non-hydrogen) atoms. The number of aryl methyl sites for hydroxylation is 1. The lowest BCUT2D eigenvalue weighted by atomic mass is 9.95. The fourth-order valence-corrected chi connectivity index (χ4v) is 4.57. The Morgan fingerprint density at radius 2 is 2.13 bits per heavy atom. The first-order valence-corrected chi connectivity index (χ1v) is 11.6. The topological polar surface area (TPSA) is 58.4 Å². The molecule has 0 radical (unpaired) electrons. The van der Waals surface area contributed by atoms with Crippen molar-refractivity contribution in [2.45, 2.75) is 39.0 Å². The third-order valence-corrected chi connectivity index (χ3v) is 6.53. The van der Waals surface area contributed by atoms with Crippen LogP contribution in [0.5, 0.6) is 0 Å². The van der Waals surface area contributed by atoms with Gasteiger partial charge in [-0.3, -0.25) is 4.79 Å². The number of rotatable bonds is 7. The predicted molar refractivity (Wildman–Crippen MR) is 122 cm³/mol. The number of likely N-dealkylation sites (tertiary alicyclic amines) is 1. The fourth-order valence-electron chi connectivity index (χ4n) is 4.01. The van der Waals surface area contributed by atoms with E-state index in [0.717, 1.165) is 67.4 Å². The third-order valence-electron chi connectivity index (χ3n) is 5.94. The number of benzene rings is 1. The molecule has 3 aromatic rings. The molecule has 5 nitrogen and oxygen atoms in total. The summed E-state index contributed by atoms with van der Waals surface area (Å²) >= 11 is 1.57. The maximum atomic E-state index is 12.8. The quantitative estimate of drug-likeness (QED) is 0.541. The van der Waals surface area contributed by atoms with Gasteiger partial charge in [-0.1, -0.05) is 19.1 Å². The number of furan rings is 1. The number of piperidine rings is 1. The van der Waals surface area contributed by atoms with Gasteiger partial charge in [-0.05, 0) is 70.1 Å². The number of aromatic nitrogens is 1. The Kier molecular flexibility index (Phi) is 6.65. The Hall–Kier alpha value is -2.44. The molecule has 0 aliphatic carbocycles. The molecule has 0 bridgehead atoms. The van der Waals surface area contributed by atoms with E-state index in [2.05, 4.69) is 28.2 Å². The minimum Gasteiger partial charge on any atom is -0.466 e. The minimum absolute atomic E-state index is 0.0781. The molecule has 1 aliphatic heterocycles. The molecule has 1 atom stereocenters. The molecule has 4 rings (SSSR count). The standard InChI is InChI=1S/C24H29N3O2S/c1-17(23-7-6-18(2)29-23)8-11-27-12-9-19(10-13-27)24(28)26-21-5-3-4-20(14-21)22-15-30-16-25-22/h3-7,14-17,19H,8-13H2,1-2H3,(H,26,28). The summed E-state index contributed by atoms with van der Waals surface area (Å²) in [6, 6.07) is 12.0. The number of nitrogens with one attached hydrogen (secondary N) is 1. The van der Waals surface area contributed by atoms with Crippen LogP contribution in [0.25, 0.3) is 11.3 Å². The number of hydrogen-bond acceptors (Lipinski definition) is 5. The highest BCUT2D eigenvalue weighted by Gasteiger charge is 2.25. The number of thiazole rings is 1. The third kappa shape index (κ3) is 5.18. The highest BCUT2D eigenvalue weighted by Crippen LogP contribution is 2.26. The summed E-state index contributed by atoms with van der Waals surface area (Å²) in [6.45, 7) is 7.20. The molecule has 1 saturated heterocycles. The zero-order valence-electron chi connectivity index (χ0n) is 17.6. The van der Waals surface area contributed by atoms with Gasteiger partial charge in [0.05, 0.1) is 11.2 Å². The van der Waals surface area contributed by atoms with Crippen LogP contribution in [-0.4, -0.2) is 35.4 Å². The summed E-state index contributed by atoms with van der Waals surface area (Å²) in [7, 11) is 0. The SMILES string of the molecule is Cc1ccc(C(C)CCN2CCC(C(=O)Nc3cccc(-c4cscn4)c3)CC2)o1. The van der Waals surface area contributed by atoms with Gasteiger partial charge in [-0.25, -0.2) is 4.98 Å². The van der Waals surface area contributed by atoms with Gasteiger partial charge < -0.3 is 14.6 Å². The maximum absolute atomic E-state index is 12.8. The number of anilines is 1. The van der Waals surface area contributed by atoms with Crippen molar-refractivity contribution in [1.29, 1.82) is 0 Å². The minimum atomic E-state index is 0.0781. The van der Waals surface area contributed by atoms with E-state index < -0.39 is 0 Å². The lowest BCUT2D eigenvalue weighted by Gasteiger charge is -2.31. The van der Waals surface area contributed by atoms with Crippen molar-refractivity contribution in [3.63, 3.8) is 0 Å². The molecule has 3 heterocycles. The fraction of sp³-hybridized carbons (Fsp3) is 0.417. The van der Waals surface area contributed by atoms with Crippen molar-refractivity contribution in [3.05, 3.63) is 58.8 Å². The van der Waals surface area contributed by atoms with Gasteiger partial charge in [-0.2, -0.15) is 0 Å². The number of amides is 1. The van der Waals surface area contributed by atoms with Crippen molar-refractivity contribution in [2.24, 2.45) is 5.92 Å². The molecule has 6 heteroatoms.